The van der Waals surface area contributed by atoms with E-state index in [1.165, 1.54) is 6.92 Å². The molecule has 5 heteroatoms. The largest absolute Gasteiger partial charge is 0.309 e. The van der Waals surface area contributed by atoms with Gasteiger partial charge in [0.05, 0.1) is 11.9 Å². The molecule has 0 spiro atoms. The first-order valence-corrected chi connectivity index (χ1v) is 3.36. The number of amides is 1. The average Bonchev–Trinajstić information content (AvgIpc) is 1.94. The Kier molecular flexibility index (Phi) is 2.32. The minimum Gasteiger partial charge on any atom is -0.309 e. The summed E-state index contributed by atoms with van der Waals surface area (Å²) in [4.78, 5) is 17.7. The van der Waals surface area contributed by atoms with Gasteiger partial charge in [-0.1, -0.05) is 0 Å². The van der Waals surface area contributed by atoms with Crippen molar-refractivity contribution in [2.45, 2.75) is 13.8 Å². The number of hydrogen-bond donors (Lipinski definition) is 1. The number of carbonyl (C=O) groups excluding carboxylic acids is 1. The van der Waals surface area contributed by atoms with Gasteiger partial charge in [-0.2, -0.15) is 4.39 Å². The summed E-state index contributed by atoms with van der Waals surface area (Å²) in [6.07, 6.45) is 0.957. The minimum atomic E-state index is -0.651. The van der Waals surface area contributed by atoms with Crippen LogP contribution in [0.4, 0.5) is 10.2 Å². The standard InChI is InChI=1S/C7H8FN3O/c1-4-7(11-5(2)12)9-3-6(8)10-4/h3H,1-2H3,(H,9,11,12). The second-order valence-corrected chi connectivity index (χ2v) is 2.31. The van der Waals surface area contributed by atoms with Crippen molar-refractivity contribution < 1.29 is 9.18 Å². The van der Waals surface area contributed by atoms with Gasteiger partial charge in [-0.15, -0.1) is 0 Å². The van der Waals surface area contributed by atoms with Gasteiger partial charge in [-0.05, 0) is 6.92 Å². The van der Waals surface area contributed by atoms with Crippen LogP contribution in [-0.4, -0.2) is 15.9 Å². The molecule has 1 heterocycles. The van der Waals surface area contributed by atoms with Gasteiger partial charge in [0.25, 0.3) is 0 Å². The zero-order valence-electron chi connectivity index (χ0n) is 6.76. The van der Waals surface area contributed by atoms with E-state index in [-0.39, 0.29) is 5.91 Å². The fraction of sp³-hybridized carbons (Fsp3) is 0.286. The Balaban J connectivity index is 2.93. The summed E-state index contributed by atoms with van der Waals surface area (Å²) in [5, 5.41) is 2.42. The topological polar surface area (TPSA) is 54.9 Å². The number of aryl methyl sites for hydroxylation is 1. The zero-order valence-corrected chi connectivity index (χ0v) is 6.76. The highest BCUT2D eigenvalue weighted by atomic mass is 19.1. The molecule has 0 bridgehead atoms. The van der Waals surface area contributed by atoms with E-state index in [9.17, 15) is 9.18 Å². The molecule has 0 saturated carbocycles. The van der Waals surface area contributed by atoms with Crippen LogP contribution in [0, 0.1) is 12.9 Å². The molecule has 1 rings (SSSR count). The lowest BCUT2D eigenvalue weighted by atomic mass is 10.4. The molecular weight excluding hydrogens is 161 g/mol. The van der Waals surface area contributed by atoms with E-state index in [1.54, 1.807) is 6.92 Å². The maximum absolute atomic E-state index is 12.4. The molecule has 12 heavy (non-hydrogen) atoms. The number of carbonyl (C=O) groups is 1. The van der Waals surface area contributed by atoms with E-state index in [4.69, 9.17) is 0 Å². The summed E-state index contributed by atoms with van der Waals surface area (Å²) >= 11 is 0. The predicted molar refractivity (Wildman–Crippen MR) is 41.0 cm³/mol. The van der Waals surface area contributed by atoms with Gasteiger partial charge in [0.1, 0.15) is 0 Å². The average molecular weight is 169 g/mol. The summed E-state index contributed by atoms with van der Waals surface area (Å²) in [5.41, 5.74) is 0.366. The second kappa shape index (κ2) is 3.25. The van der Waals surface area contributed by atoms with Crippen LogP contribution in [-0.2, 0) is 4.79 Å². The van der Waals surface area contributed by atoms with Crippen molar-refractivity contribution in [2.75, 3.05) is 5.32 Å². The van der Waals surface area contributed by atoms with Gasteiger partial charge < -0.3 is 5.32 Å². The number of hydrogen-bond acceptors (Lipinski definition) is 3. The van der Waals surface area contributed by atoms with Crippen LogP contribution in [0.1, 0.15) is 12.6 Å². The Morgan fingerprint density at radius 2 is 2.33 bits per heavy atom. The van der Waals surface area contributed by atoms with E-state index >= 15 is 0 Å². The Morgan fingerprint density at radius 3 is 2.83 bits per heavy atom. The molecule has 0 saturated heterocycles. The molecule has 1 aromatic heterocycles. The lowest BCUT2D eigenvalue weighted by Crippen LogP contribution is -2.10. The quantitative estimate of drug-likeness (QED) is 0.679. The molecule has 0 atom stereocenters. The molecule has 0 aromatic carbocycles. The Labute approximate surface area is 68.8 Å². The van der Waals surface area contributed by atoms with E-state index in [1.807, 2.05) is 0 Å². The molecule has 0 radical (unpaired) electrons. The van der Waals surface area contributed by atoms with Crippen molar-refractivity contribution in [3.63, 3.8) is 0 Å². The molecule has 0 unspecified atom stereocenters. The molecule has 1 amide bonds. The summed E-state index contributed by atoms with van der Waals surface area (Å²) in [7, 11) is 0. The fourth-order valence-corrected chi connectivity index (χ4v) is 0.743. The van der Waals surface area contributed by atoms with E-state index < -0.39 is 5.95 Å². The first-order chi connectivity index (χ1) is 5.59. The third-order valence-electron chi connectivity index (χ3n) is 1.21. The Hall–Kier alpha value is -1.52. The van der Waals surface area contributed by atoms with Crippen molar-refractivity contribution in [3.8, 4) is 0 Å². The lowest BCUT2D eigenvalue weighted by Gasteiger charge is -2.02. The Bertz CT molecular complexity index is 314. The molecule has 4 nitrogen and oxygen atoms in total. The van der Waals surface area contributed by atoms with Crippen LogP contribution in [0.3, 0.4) is 0 Å². The van der Waals surface area contributed by atoms with Crippen LogP contribution in [0.15, 0.2) is 6.20 Å². The summed E-state index contributed by atoms with van der Waals surface area (Å²) in [6, 6.07) is 0. The SMILES string of the molecule is CC(=O)Nc1ncc(F)nc1C. The fourth-order valence-electron chi connectivity index (χ4n) is 0.743. The normalized spacial score (nSPS) is 9.58. The molecular formula is C7H8FN3O. The van der Waals surface area contributed by atoms with Gasteiger partial charge in [0, 0.05) is 6.92 Å². The molecule has 0 aliphatic heterocycles. The van der Waals surface area contributed by atoms with Crippen LogP contribution in [0.25, 0.3) is 0 Å². The van der Waals surface area contributed by atoms with Crippen molar-refractivity contribution in [2.24, 2.45) is 0 Å². The summed E-state index contributed by atoms with van der Waals surface area (Å²) in [6.45, 7) is 2.92. The van der Waals surface area contributed by atoms with Crippen molar-refractivity contribution >= 4 is 11.7 Å². The van der Waals surface area contributed by atoms with Crippen molar-refractivity contribution in [1.82, 2.24) is 9.97 Å². The maximum Gasteiger partial charge on any atom is 0.231 e. The van der Waals surface area contributed by atoms with Crippen LogP contribution >= 0.6 is 0 Å². The minimum absolute atomic E-state index is 0.251. The van der Waals surface area contributed by atoms with E-state index in [0.29, 0.717) is 11.5 Å². The number of anilines is 1. The number of nitrogens with zero attached hydrogens (tertiary/aromatic N) is 2. The highest BCUT2D eigenvalue weighted by molar-refractivity contribution is 5.87. The summed E-state index contributed by atoms with van der Waals surface area (Å²) < 4.78 is 12.4. The van der Waals surface area contributed by atoms with Gasteiger partial charge >= 0.3 is 0 Å². The van der Waals surface area contributed by atoms with Crippen molar-refractivity contribution in [1.29, 1.82) is 0 Å². The molecule has 1 aromatic rings. The first-order valence-electron chi connectivity index (χ1n) is 3.36. The number of aromatic nitrogens is 2. The predicted octanol–water partition coefficient (Wildman–Crippen LogP) is 0.883. The third-order valence-corrected chi connectivity index (χ3v) is 1.21. The van der Waals surface area contributed by atoms with Gasteiger partial charge in [-0.25, -0.2) is 9.97 Å². The van der Waals surface area contributed by atoms with Crippen LogP contribution < -0.4 is 5.32 Å². The smallest absolute Gasteiger partial charge is 0.231 e. The number of halogens is 1. The molecule has 0 aliphatic rings. The monoisotopic (exact) mass is 169 g/mol. The van der Waals surface area contributed by atoms with E-state index in [0.717, 1.165) is 6.20 Å². The number of nitrogens with one attached hydrogen (secondary N) is 1. The lowest BCUT2D eigenvalue weighted by molar-refractivity contribution is -0.114. The maximum atomic E-state index is 12.4. The number of rotatable bonds is 1. The zero-order chi connectivity index (χ0) is 9.14. The van der Waals surface area contributed by atoms with Crippen LogP contribution in [0.5, 0.6) is 0 Å². The molecule has 64 valence electrons. The summed E-state index contributed by atoms with van der Waals surface area (Å²) in [5.74, 6) is -0.607. The highest BCUT2D eigenvalue weighted by Crippen LogP contribution is 2.07. The molecule has 0 aliphatic carbocycles. The van der Waals surface area contributed by atoms with Gasteiger partial charge in [0.15, 0.2) is 5.82 Å². The Morgan fingerprint density at radius 1 is 1.67 bits per heavy atom. The highest BCUT2D eigenvalue weighted by Gasteiger charge is 2.03. The van der Waals surface area contributed by atoms with Gasteiger partial charge in [0.2, 0.25) is 11.9 Å². The third kappa shape index (κ3) is 1.98. The first kappa shape index (κ1) is 8.58. The molecule has 0 fully saturated rings. The molecule has 1 N–H and O–H groups in total. The van der Waals surface area contributed by atoms with Gasteiger partial charge in [-0.3, -0.25) is 4.79 Å². The second-order valence-electron chi connectivity index (χ2n) is 2.31. The van der Waals surface area contributed by atoms with Crippen LogP contribution in [0.2, 0.25) is 0 Å². The van der Waals surface area contributed by atoms with E-state index in [2.05, 4.69) is 15.3 Å². The van der Waals surface area contributed by atoms with Crippen molar-refractivity contribution in [3.05, 3.63) is 17.8 Å².